The second-order valence-corrected chi connectivity index (χ2v) is 3.13. The van der Waals surface area contributed by atoms with Crippen LogP contribution in [0.5, 0.6) is 0 Å². The first-order valence-corrected chi connectivity index (χ1v) is 4.79. The predicted molar refractivity (Wildman–Crippen MR) is 69.1 cm³/mol. The molecule has 0 atom stereocenters. The molecule has 1 heteroatoms. The fraction of sp³-hybridized carbons (Fsp3) is 0.143. The Hall–Kier alpha value is -1.76. The highest BCUT2D eigenvalue weighted by Gasteiger charge is 2.02. The van der Waals surface area contributed by atoms with Gasteiger partial charge in [-0.2, -0.15) is 0 Å². The van der Waals surface area contributed by atoms with Gasteiger partial charge in [0.2, 0.25) is 0 Å². The summed E-state index contributed by atoms with van der Waals surface area (Å²) in [5, 5.41) is 0. The molecule has 0 amide bonds. The number of allylic oxidation sites excluding steroid dienone is 5. The van der Waals surface area contributed by atoms with Crippen LogP contribution in [0.25, 0.3) is 0 Å². The van der Waals surface area contributed by atoms with Gasteiger partial charge in [0.1, 0.15) is 0 Å². The van der Waals surface area contributed by atoms with Crippen LogP contribution in [0, 0.1) is 0 Å². The molecule has 0 bridgehead atoms. The van der Waals surface area contributed by atoms with Crippen molar-refractivity contribution in [2.75, 3.05) is 0 Å². The Morgan fingerprint density at radius 1 is 1.13 bits per heavy atom. The lowest BCUT2D eigenvalue weighted by atomic mass is 10.2. The van der Waals surface area contributed by atoms with Crippen LogP contribution in [-0.4, -0.2) is 4.90 Å². The molecule has 0 aliphatic rings. The van der Waals surface area contributed by atoms with E-state index in [0.29, 0.717) is 0 Å². The zero-order valence-electron chi connectivity index (χ0n) is 9.66. The van der Waals surface area contributed by atoms with Crippen LogP contribution < -0.4 is 0 Å². The SMILES string of the molecule is C=C/C(C)=C\C(=C)N(C=C)C(=C)/C=C\C. The second-order valence-electron chi connectivity index (χ2n) is 3.13. The van der Waals surface area contributed by atoms with E-state index in [1.165, 1.54) is 0 Å². The molecule has 80 valence electrons. The summed E-state index contributed by atoms with van der Waals surface area (Å²) in [6, 6.07) is 0. The molecular formula is C14H19N. The summed E-state index contributed by atoms with van der Waals surface area (Å²) < 4.78 is 0. The first kappa shape index (κ1) is 13.2. The van der Waals surface area contributed by atoms with Crippen molar-refractivity contribution >= 4 is 0 Å². The van der Waals surface area contributed by atoms with Crippen LogP contribution in [0.15, 0.2) is 73.8 Å². The third kappa shape index (κ3) is 4.32. The van der Waals surface area contributed by atoms with Gasteiger partial charge in [-0.05, 0) is 31.6 Å². The minimum absolute atomic E-state index is 0.825. The molecule has 0 aromatic rings. The Kier molecular flexibility index (Phi) is 5.88. The van der Waals surface area contributed by atoms with E-state index < -0.39 is 0 Å². The molecule has 0 heterocycles. The maximum atomic E-state index is 3.95. The molecule has 0 fully saturated rings. The highest BCUT2D eigenvalue weighted by molar-refractivity contribution is 5.31. The van der Waals surface area contributed by atoms with Crippen molar-refractivity contribution in [1.82, 2.24) is 4.90 Å². The maximum absolute atomic E-state index is 3.95. The number of hydrogen-bond donors (Lipinski definition) is 0. The molecule has 0 unspecified atom stereocenters. The van der Waals surface area contributed by atoms with Gasteiger partial charge in [0.05, 0.1) is 0 Å². The average molecular weight is 201 g/mol. The largest absolute Gasteiger partial charge is 0.319 e. The molecule has 0 aliphatic heterocycles. The second kappa shape index (κ2) is 6.66. The standard InChI is InChI=1S/C14H19N/c1-7-10-13(5)15(9-3)14(6)11-12(4)8-2/h7-11H,2-3,5-6H2,1,4H3/b10-7-,12-11-. The van der Waals surface area contributed by atoms with Gasteiger partial charge in [0.25, 0.3) is 0 Å². The molecule has 0 aromatic heterocycles. The van der Waals surface area contributed by atoms with Crippen LogP contribution in [0.3, 0.4) is 0 Å². The van der Waals surface area contributed by atoms with Gasteiger partial charge >= 0.3 is 0 Å². The monoisotopic (exact) mass is 201 g/mol. The highest BCUT2D eigenvalue weighted by Crippen LogP contribution is 2.14. The number of nitrogens with zero attached hydrogens (tertiary/aromatic N) is 1. The summed E-state index contributed by atoms with van der Waals surface area (Å²) >= 11 is 0. The average Bonchev–Trinajstić information content (AvgIpc) is 2.19. The van der Waals surface area contributed by atoms with Crippen molar-refractivity contribution in [2.45, 2.75) is 13.8 Å². The van der Waals surface area contributed by atoms with Crippen molar-refractivity contribution < 1.29 is 0 Å². The molecule has 15 heavy (non-hydrogen) atoms. The van der Waals surface area contributed by atoms with Gasteiger partial charge in [-0.1, -0.05) is 38.5 Å². The third-order valence-electron chi connectivity index (χ3n) is 1.88. The van der Waals surface area contributed by atoms with Gasteiger partial charge in [-0.3, -0.25) is 0 Å². The van der Waals surface area contributed by atoms with Crippen molar-refractivity contribution in [1.29, 1.82) is 0 Å². The van der Waals surface area contributed by atoms with E-state index in [2.05, 4.69) is 26.3 Å². The van der Waals surface area contributed by atoms with Gasteiger partial charge in [-0.15, -0.1) is 0 Å². The van der Waals surface area contributed by atoms with Crippen molar-refractivity contribution in [3.8, 4) is 0 Å². The van der Waals surface area contributed by atoms with Crippen LogP contribution >= 0.6 is 0 Å². The van der Waals surface area contributed by atoms with Crippen LogP contribution in [0.4, 0.5) is 0 Å². The van der Waals surface area contributed by atoms with E-state index in [-0.39, 0.29) is 0 Å². The molecular weight excluding hydrogens is 182 g/mol. The first-order chi connectivity index (χ1) is 7.06. The minimum Gasteiger partial charge on any atom is -0.319 e. The van der Waals surface area contributed by atoms with Gasteiger partial charge in [-0.25, -0.2) is 0 Å². The number of rotatable bonds is 6. The van der Waals surface area contributed by atoms with Crippen molar-refractivity contribution in [2.24, 2.45) is 0 Å². The molecule has 0 rings (SSSR count). The normalized spacial score (nSPS) is 11.2. The smallest absolute Gasteiger partial charge is 0.0385 e. The first-order valence-electron chi connectivity index (χ1n) is 4.79. The quantitative estimate of drug-likeness (QED) is 0.583. The number of hydrogen-bond acceptors (Lipinski definition) is 1. The Bertz CT molecular complexity index is 329. The van der Waals surface area contributed by atoms with E-state index in [4.69, 9.17) is 0 Å². The maximum Gasteiger partial charge on any atom is 0.0385 e. The van der Waals surface area contributed by atoms with Crippen LogP contribution in [0.1, 0.15) is 13.8 Å². The summed E-state index contributed by atoms with van der Waals surface area (Å²) in [6.07, 6.45) is 9.24. The third-order valence-corrected chi connectivity index (χ3v) is 1.88. The van der Waals surface area contributed by atoms with E-state index in [0.717, 1.165) is 17.0 Å². The Morgan fingerprint density at radius 2 is 1.73 bits per heavy atom. The van der Waals surface area contributed by atoms with Crippen molar-refractivity contribution in [3.63, 3.8) is 0 Å². The van der Waals surface area contributed by atoms with Gasteiger partial charge in [0.15, 0.2) is 0 Å². The van der Waals surface area contributed by atoms with E-state index >= 15 is 0 Å². The summed E-state index contributed by atoms with van der Waals surface area (Å²) in [5.74, 6) is 0. The zero-order chi connectivity index (χ0) is 11.8. The molecule has 0 saturated heterocycles. The molecule has 1 nitrogen and oxygen atoms in total. The van der Waals surface area contributed by atoms with Crippen LogP contribution in [0.2, 0.25) is 0 Å². The van der Waals surface area contributed by atoms with E-state index in [1.807, 2.05) is 37.0 Å². The zero-order valence-corrected chi connectivity index (χ0v) is 9.66. The van der Waals surface area contributed by atoms with Gasteiger partial charge < -0.3 is 4.90 Å². The lowest BCUT2D eigenvalue weighted by Crippen LogP contribution is -2.11. The Balaban J connectivity index is 4.84. The Morgan fingerprint density at radius 3 is 2.13 bits per heavy atom. The minimum atomic E-state index is 0.825. The summed E-state index contributed by atoms with van der Waals surface area (Å²) in [6.45, 7) is 19.2. The highest BCUT2D eigenvalue weighted by atomic mass is 15.1. The molecule has 0 saturated carbocycles. The topological polar surface area (TPSA) is 3.24 Å². The summed E-state index contributed by atoms with van der Waals surface area (Å²) in [4.78, 5) is 1.83. The molecule has 0 aromatic carbocycles. The fourth-order valence-electron chi connectivity index (χ4n) is 1.08. The van der Waals surface area contributed by atoms with E-state index in [1.54, 1.807) is 12.3 Å². The molecule has 0 N–H and O–H groups in total. The lowest BCUT2D eigenvalue weighted by molar-refractivity contribution is 0.620. The van der Waals surface area contributed by atoms with E-state index in [9.17, 15) is 0 Å². The molecule has 0 spiro atoms. The predicted octanol–water partition coefficient (Wildman–Crippen LogP) is 4.17. The lowest BCUT2D eigenvalue weighted by Gasteiger charge is -2.20. The molecule has 0 aliphatic carbocycles. The van der Waals surface area contributed by atoms with Crippen molar-refractivity contribution in [3.05, 3.63) is 73.8 Å². The summed E-state index contributed by atoms with van der Waals surface area (Å²) in [5.41, 5.74) is 2.72. The summed E-state index contributed by atoms with van der Waals surface area (Å²) in [7, 11) is 0. The fourth-order valence-corrected chi connectivity index (χ4v) is 1.08. The van der Waals surface area contributed by atoms with Crippen LogP contribution in [-0.2, 0) is 0 Å². The Labute approximate surface area is 93.1 Å². The van der Waals surface area contributed by atoms with Gasteiger partial charge in [0, 0.05) is 17.6 Å². The molecule has 0 radical (unpaired) electrons.